The number of hydrogen-bond acceptors (Lipinski definition) is 3. The predicted octanol–water partition coefficient (Wildman–Crippen LogP) is 4.92. The lowest BCUT2D eigenvalue weighted by molar-refractivity contribution is -0.126. The van der Waals surface area contributed by atoms with Crippen molar-refractivity contribution in [3.8, 4) is 0 Å². The van der Waals surface area contributed by atoms with Crippen LogP contribution in [0.3, 0.4) is 0 Å². The van der Waals surface area contributed by atoms with E-state index in [1.54, 1.807) is 0 Å². The molecule has 0 aliphatic carbocycles. The van der Waals surface area contributed by atoms with Gasteiger partial charge in [-0.25, -0.2) is 0 Å². The largest absolute Gasteiger partial charge is 0.389 e. The third kappa shape index (κ3) is 18.0. The highest BCUT2D eigenvalue weighted by atomic mass is 16.3. The average Bonchev–Trinajstić information content (AvgIpc) is 2.54. The van der Waals surface area contributed by atoms with Crippen molar-refractivity contribution < 1.29 is 15.0 Å². The quantitative estimate of drug-likeness (QED) is 0.256. The van der Waals surface area contributed by atoms with Crippen LogP contribution in [-0.4, -0.2) is 28.5 Å². The van der Waals surface area contributed by atoms with E-state index in [2.05, 4.69) is 19.2 Å². The van der Waals surface area contributed by atoms with E-state index in [9.17, 15) is 9.90 Å². The number of carbonyl (C=O) groups excluding carboxylic acids is 1. The Morgan fingerprint density at radius 2 is 1.12 bits per heavy atom. The predicted molar refractivity (Wildman–Crippen MR) is 105 cm³/mol. The molecule has 3 N–H and O–H groups in total. The minimum atomic E-state index is -1.15. The monoisotopic (exact) mass is 357 g/mol. The zero-order valence-corrected chi connectivity index (χ0v) is 16.9. The molecule has 0 rings (SSSR count). The lowest BCUT2D eigenvalue weighted by atomic mass is 10.0. The molecule has 0 aromatic rings. The van der Waals surface area contributed by atoms with Crippen LogP contribution in [0.25, 0.3) is 0 Å². The molecule has 0 aliphatic heterocycles. The molecule has 4 heteroatoms. The first-order valence-electron chi connectivity index (χ1n) is 10.6. The molecule has 0 aromatic carbocycles. The van der Waals surface area contributed by atoms with Crippen LogP contribution in [0, 0.1) is 5.92 Å². The van der Waals surface area contributed by atoms with Gasteiger partial charge in [-0.2, -0.15) is 0 Å². The Morgan fingerprint density at radius 1 is 0.720 bits per heavy atom. The lowest BCUT2D eigenvalue weighted by Gasteiger charge is -2.15. The van der Waals surface area contributed by atoms with Crippen LogP contribution in [0.4, 0.5) is 0 Å². The van der Waals surface area contributed by atoms with Gasteiger partial charge in [0, 0.05) is 6.42 Å². The van der Waals surface area contributed by atoms with E-state index in [0.717, 1.165) is 18.8 Å². The summed E-state index contributed by atoms with van der Waals surface area (Å²) in [7, 11) is 0. The van der Waals surface area contributed by atoms with Crippen molar-refractivity contribution in [2.45, 2.75) is 123 Å². The molecule has 0 aliphatic rings. The first-order chi connectivity index (χ1) is 11.9. The van der Waals surface area contributed by atoms with Gasteiger partial charge in [-0.3, -0.25) is 4.79 Å². The first kappa shape index (κ1) is 24.4. The molecule has 0 radical (unpaired) electrons. The molecule has 2 atom stereocenters. The minimum absolute atomic E-state index is 0.179. The summed E-state index contributed by atoms with van der Waals surface area (Å²) in [4.78, 5) is 11.5. The van der Waals surface area contributed by atoms with Crippen LogP contribution in [-0.2, 0) is 4.79 Å². The number of rotatable bonds is 17. The zero-order chi connectivity index (χ0) is 18.9. The Balaban J connectivity index is 3.20. The van der Waals surface area contributed by atoms with Gasteiger partial charge in [-0.05, 0) is 19.3 Å². The summed E-state index contributed by atoms with van der Waals surface area (Å²) >= 11 is 0. The number of carbonyl (C=O) groups is 1. The van der Waals surface area contributed by atoms with Gasteiger partial charge in [0.2, 0.25) is 5.91 Å². The van der Waals surface area contributed by atoms with Gasteiger partial charge in [0.15, 0.2) is 6.23 Å². The van der Waals surface area contributed by atoms with Crippen molar-refractivity contribution in [2.75, 3.05) is 0 Å². The van der Waals surface area contributed by atoms with Gasteiger partial charge in [0.25, 0.3) is 0 Å². The number of hydrogen-bond donors (Lipinski definition) is 3. The Bertz CT molecular complexity index is 306. The van der Waals surface area contributed by atoms with Crippen molar-refractivity contribution in [1.29, 1.82) is 0 Å². The molecule has 1 amide bonds. The Morgan fingerprint density at radius 3 is 1.52 bits per heavy atom. The summed E-state index contributed by atoms with van der Waals surface area (Å²) in [6.07, 6.45) is 15.1. The summed E-state index contributed by atoms with van der Waals surface area (Å²) < 4.78 is 0. The smallest absolute Gasteiger partial charge is 0.222 e. The third-order valence-corrected chi connectivity index (χ3v) is 4.70. The first-order valence-corrected chi connectivity index (χ1v) is 10.6. The molecule has 0 aromatic heterocycles. The fraction of sp³-hybridized carbons (Fsp3) is 0.952. The molecule has 25 heavy (non-hydrogen) atoms. The zero-order valence-electron chi connectivity index (χ0n) is 16.9. The highest BCUT2D eigenvalue weighted by molar-refractivity contribution is 5.76. The van der Waals surface area contributed by atoms with Crippen LogP contribution in [0.2, 0.25) is 0 Å². The van der Waals surface area contributed by atoms with E-state index < -0.39 is 12.3 Å². The molecule has 150 valence electrons. The number of nitrogens with one attached hydrogen (secondary N) is 1. The molecular weight excluding hydrogens is 314 g/mol. The van der Waals surface area contributed by atoms with Gasteiger partial charge in [-0.1, -0.05) is 90.9 Å². The van der Waals surface area contributed by atoms with Gasteiger partial charge in [0.05, 0.1) is 6.10 Å². The van der Waals surface area contributed by atoms with E-state index in [0.29, 0.717) is 6.42 Å². The standard InChI is InChI=1S/C21H43NO3/c1-18(2)16-14-12-10-8-6-4-5-7-9-11-13-15-17-20(24)22-21(25)19(3)23/h18-19,21,23,25H,4-17H2,1-3H3,(H,22,24). The summed E-state index contributed by atoms with van der Waals surface area (Å²) in [6.45, 7) is 6.06. The highest BCUT2D eigenvalue weighted by Gasteiger charge is 2.13. The summed E-state index contributed by atoms with van der Waals surface area (Å²) in [5, 5.41) is 20.8. The molecule has 0 saturated heterocycles. The van der Waals surface area contributed by atoms with Gasteiger partial charge in [-0.15, -0.1) is 0 Å². The SMILES string of the molecule is CC(C)CCCCCCCCCCCCCCC(=O)NC(O)C(C)O. The fourth-order valence-electron chi connectivity index (χ4n) is 2.96. The minimum Gasteiger partial charge on any atom is -0.389 e. The van der Waals surface area contributed by atoms with Crippen LogP contribution in [0.1, 0.15) is 111 Å². The number of amides is 1. The molecule has 4 nitrogen and oxygen atoms in total. The maximum atomic E-state index is 11.5. The third-order valence-electron chi connectivity index (χ3n) is 4.70. The molecular formula is C21H43NO3. The van der Waals surface area contributed by atoms with Crippen LogP contribution in [0.5, 0.6) is 0 Å². The Hall–Kier alpha value is -0.610. The van der Waals surface area contributed by atoms with Gasteiger partial charge < -0.3 is 15.5 Å². The molecule has 0 fully saturated rings. The van der Waals surface area contributed by atoms with E-state index in [-0.39, 0.29) is 5.91 Å². The second-order valence-electron chi connectivity index (χ2n) is 7.93. The van der Waals surface area contributed by atoms with Crippen molar-refractivity contribution >= 4 is 5.91 Å². The number of aliphatic hydroxyl groups is 2. The summed E-state index contributed by atoms with van der Waals surface area (Å²) in [5.74, 6) is 0.673. The van der Waals surface area contributed by atoms with Crippen molar-refractivity contribution in [1.82, 2.24) is 5.32 Å². The molecule has 0 saturated carbocycles. The average molecular weight is 358 g/mol. The van der Waals surface area contributed by atoms with Crippen molar-refractivity contribution in [3.05, 3.63) is 0 Å². The molecule has 2 unspecified atom stereocenters. The van der Waals surface area contributed by atoms with Crippen LogP contribution >= 0.6 is 0 Å². The maximum Gasteiger partial charge on any atom is 0.222 e. The molecule has 0 bridgehead atoms. The summed E-state index contributed by atoms with van der Waals surface area (Å²) in [5.41, 5.74) is 0. The normalized spacial score (nSPS) is 13.8. The Kier molecular flexibility index (Phi) is 16.4. The van der Waals surface area contributed by atoms with Crippen LogP contribution < -0.4 is 5.32 Å². The van der Waals surface area contributed by atoms with E-state index in [1.165, 1.54) is 77.6 Å². The molecule has 0 heterocycles. The van der Waals surface area contributed by atoms with Crippen LogP contribution in [0.15, 0.2) is 0 Å². The molecule has 0 spiro atoms. The maximum absolute atomic E-state index is 11.5. The van der Waals surface area contributed by atoms with Crippen molar-refractivity contribution in [2.24, 2.45) is 5.92 Å². The second-order valence-corrected chi connectivity index (χ2v) is 7.93. The number of unbranched alkanes of at least 4 members (excludes halogenated alkanes) is 11. The topological polar surface area (TPSA) is 69.6 Å². The Labute approximate surface area is 155 Å². The summed E-state index contributed by atoms with van der Waals surface area (Å²) in [6, 6.07) is 0. The van der Waals surface area contributed by atoms with E-state index in [4.69, 9.17) is 5.11 Å². The van der Waals surface area contributed by atoms with Gasteiger partial charge >= 0.3 is 0 Å². The van der Waals surface area contributed by atoms with Crippen molar-refractivity contribution in [3.63, 3.8) is 0 Å². The van der Waals surface area contributed by atoms with E-state index >= 15 is 0 Å². The van der Waals surface area contributed by atoms with Gasteiger partial charge in [0.1, 0.15) is 0 Å². The lowest BCUT2D eigenvalue weighted by Crippen LogP contribution is -2.41. The number of aliphatic hydroxyl groups excluding tert-OH is 2. The van der Waals surface area contributed by atoms with E-state index in [1.807, 2.05) is 0 Å². The second kappa shape index (κ2) is 16.8. The highest BCUT2D eigenvalue weighted by Crippen LogP contribution is 2.14. The fourth-order valence-corrected chi connectivity index (χ4v) is 2.96.